The van der Waals surface area contributed by atoms with Gasteiger partial charge in [0.1, 0.15) is 10.9 Å². The van der Waals surface area contributed by atoms with E-state index in [1.807, 2.05) is 6.92 Å². The SMILES string of the molecule is CCc1cc(OC)c(Cl)c(-c2cc3cnc(Cl)cc3n(C)c2=O)c1Cl. The van der Waals surface area contributed by atoms with Crippen molar-refractivity contribution < 1.29 is 4.74 Å². The fraction of sp³-hybridized carbons (Fsp3) is 0.222. The number of ether oxygens (including phenoxy) is 1. The Morgan fingerprint density at radius 2 is 1.88 bits per heavy atom. The van der Waals surface area contributed by atoms with Gasteiger partial charge in [-0.05, 0) is 30.2 Å². The van der Waals surface area contributed by atoms with Crippen molar-refractivity contribution in [2.24, 2.45) is 7.05 Å². The van der Waals surface area contributed by atoms with E-state index in [1.54, 1.807) is 31.4 Å². The highest BCUT2D eigenvalue weighted by Crippen LogP contribution is 2.42. The summed E-state index contributed by atoms with van der Waals surface area (Å²) >= 11 is 19.0. The maximum Gasteiger partial charge on any atom is 0.258 e. The van der Waals surface area contributed by atoms with Gasteiger partial charge in [0.05, 0.1) is 28.2 Å². The summed E-state index contributed by atoms with van der Waals surface area (Å²) < 4.78 is 6.86. The number of nitrogens with zero attached hydrogens (tertiary/aromatic N) is 2. The number of pyridine rings is 2. The molecule has 0 saturated carbocycles. The molecule has 2 heterocycles. The van der Waals surface area contributed by atoms with E-state index in [-0.39, 0.29) is 5.56 Å². The summed E-state index contributed by atoms with van der Waals surface area (Å²) in [7, 11) is 3.20. The van der Waals surface area contributed by atoms with E-state index in [0.29, 0.717) is 44.0 Å². The van der Waals surface area contributed by atoms with E-state index < -0.39 is 0 Å². The zero-order chi connectivity index (χ0) is 18.3. The molecule has 130 valence electrons. The Morgan fingerprint density at radius 3 is 2.52 bits per heavy atom. The average molecular weight is 398 g/mol. The smallest absolute Gasteiger partial charge is 0.258 e. The number of fused-ring (bicyclic) bond motifs is 1. The molecule has 4 nitrogen and oxygen atoms in total. The molecule has 0 saturated heterocycles. The summed E-state index contributed by atoms with van der Waals surface area (Å²) in [6.07, 6.45) is 2.30. The van der Waals surface area contributed by atoms with E-state index in [4.69, 9.17) is 39.5 Å². The average Bonchev–Trinajstić information content (AvgIpc) is 2.60. The van der Waals surface area contributed by atoms with Crippen LogP contribution in [0.5, 0.6) is 5.75 Å². The second-order valence-corrected chi connectivity index (χ2v) is 6.73. The van der Waals surface area contributed by atoms with Crippen LogP contribution in [0.25, 0.3) is 22.0 Å². The number of hydrogen-bond acceptors (Lipinski definition) is 3. The molecule has 0 bridgehead atoms. The van der Waals surface area contributed by atoms with Crippen molar-refractivity contribution in [2.45, 2.75) is 13.3 Å². The standard InChI is InChI=1S/C18H15Cl3N2O2/c1-4-9-6-13(25-3)17(21)15(16(9)20)11-5-10-8-22-14(19)7-12(10)23(2)18(11)24/h5-8H,4H2,1-3H3. The molecule has 0 N–H and O–H groups in total. The Labute approximate surface area is 159 Å². The Morgan fingerprint density at radius 1 is 1.16 bits per heavy atom. The summed E-state index contributed by atoms with van der Waals surface area (Å²) in [6.45, 7) is 1.97. The van der Waals surface area contributed by atoms with Crippen LogP contribution in [0.15, 0.2) is 29.2 Å². The van der Waals surface area contributed by atoms with Crippen molar-refractivity contribution in [1.29, 1.82) is 0 Å². The van der Waals surface area contributed by atoms with Gasteiger partial charge in [-0.25, -0.2) is 4.98 Å². The van der Waals surface area contributed by atoms with Crippen LogP contribution in [0.1, 0.15) is 12.5 Å². The number of halogens is 3. The summed E-state index contributed by atoms with van der Waals surface area (Å²) in [5.74, 6) is 0.481. The fourth-order valence-electron chi connectivity index (χ4n) is 2.83. The molecule has 7 heteroatoms. The zero-order valence-electron chi connectivity index (χ0n) is 13.9. The molecule has 3 aromatic rings. The van der Waals surface area contributed by atoms with Crippen molar-refractivity contribution in [2.75, 3.05) is 7.11 Å². The largest absolute Gasteiger partial charge is 0.495 e. The monoisotopic (exact) mass is 396 g/mol. The maximum absolute atomic E-state index is 12.9. The van der Waals surface area contributed by atoms with Gasteiger partial charge < -0.3 is 9.30 Å². The second kappa shape index (κ2) is 6.87. The van der Waals surface area contributed by atoms with Crippen LogP contribution >= 0.6 is 34.8 Å². The van der Waals surface area contributed by atoms with E-state index in [9.17, 15) is 4.79 Å². The minimum atomic E-state index is -0.228. The lowest BCUT2D eigenvalue weighted by Gasteiger charge is -2.16. The number of methoxy groups -OCH3 is 1. The third-order valence-corrected chi connectivity index (χ3v) is 5.20. The van der Waals surface area contributed by atoms with E-state index in [0.717, 1.165) is 10.9 Å². The Bertz CT molecular complexity index is 1020. The highest BCUT2D eigenvalue weighted by atomic mass is 35.5. The van der Waals surface area contributed by atoms with Crippen molar-refractivity contribution in [3.05, 3.63) is 55.5 Å². The normalized spacial score (nSPS) is 11.1. The minimum Gasteiger partial charge on any atom is -0.495 e. The molecule has 2 aromatic heterocycles. The van der Waals surface area contributed by atoms with Crippen LogP contribution in [0.2, 0.25) is 15.2 Å². The quantitative estimate of drug-likeness (QED) is 0.575. The molecule has 0 aliphatic carbocycles. The lowest BCUT2D eigenvalue weighted by Crippen LogP contribution is -2.19. The second-order valence-electron chi connectivity index (χ2n) is 5.58. The van der Waals surface area contributed by atoms with E-state index in [1.165, 1.54) is 11.7 Å². The van der Waals surface area contributed by atoms with E-state index >= 15 is 0 Å². The first-order valence-electron chi connectivity index (χ1n) is 7.59. The third kappa shape index (κ3) is 2.99. The lowest BCUT2D eigenvalue weighted by atomic mass is 10.0. The molecule has 0 radical (unpaired) electrons. The molecule has 0 aliphatic rings. The molecule has 0 fully saturated rings. The molecule has 0 unspecified atom stereocenters. The zero-order valence-corrected chi connectivity index (χ0v) is 16.1. The number of aryl methyl sites for hydroxylation is 2. The topological polar surface area (TPSA) is 44.1 Å². The number of rotatable bonds is 3. The summed E-state index contributed by atoms with van der Waals surface area (Å²) in [6, 6.07) is 5.17. The summed E-state index contributed by atoms with van der Waals surface area (Å²) in [5.41, 5.74) is 2.17. The highest BCUT2D eigenvalue weighted by Gasteiger charge is 2.21. The van der Waals surface area contributed by atoms with Gasteiger partial charge in [0.15, 0.2) is 0 Å². The first-order chi connectivity index (χ1) is 11.9. The number of benzene rings is 1. The van der Waals surface area contributed by atoms with Gasteiger partial charge in [-0.2, -0.15) is 0 Å². The van der Waals surface area contributed by atoms with Crippen molar-refractivity contribution in [1.82, 2.24) is 9.55 Å². The maximum atomic E-state index is 12.9. The van der Waals surface area contributed by atoms with Gasteiger partial charge >= 0.3 is 0 Å². The Balaban J connectivity index is 2.43. The van der Waals surface area contributed by atoms with Gasteiger partial charge in [0.2, 0.25) is 0 Å². The molecule has 0 spiro atoms. The van der Waals surface area contributed by atoms with Gasteiger partial charge in [0.25, 0.3) is 5.56 Å². The lowest BCUT2D eigenvalue weighted by molar-refractivity contribution is 0.414. The number of hydrogen-bond donors (Lipinski definition) is 0. The predicted molar refractivity (Wildman–Crippen MR) is 103 cm³/mol. The van der Waals surface area contributed by atoms with Gasteiger partial charge in [-0.15, -0.1) is 0 Å². The Hall–Kier alpha value is -1.75. The minimum absolute atomic E-state index is 0.228. The van der Waals surface area contributed by atoms with Gasteiger partial charge in [-0.3, -0.25) is 4.79 Å². The van der Waals surface area contributed by atoms with Crippen LogP contribution in [-0.4, -0.2) is 16.7 Å². The summed E-state index contributed by atoms with van der Waals surface area (Å²) in [5, 5.41) is 1.84. The van der Waals surface area contributed by atoms with Crippen LogP contribution in [0.3, 0.4) is 0 Å². The Kier molecular flexibility index (Phi) is 4.96. The molecule has 1 aromatic carbocycles. The highest BCUT2D eigenvalue weighted by molar-refractivity contribution is 6.40. The first-order valence-corrected chi connectivity index (χ1v) is 8.72. The van der Waals surface area contributed by atoms with Crippen molar-refractivity contribution in [3.8, 4) is 16.9 Å². The molecule has 0 aliphatic heterocycles. The van der Waals surface area contributed by atoms with Gasteiger partial charge in [-0.1, -0.05) is 41.7 Å². The fourth-order valence-corrected chi connectivity index (χ4v) is 3.74. The van der Waals surface area contributed by atoms with Crippen LogP contribution in [-0.2, 0) is 13.5 Å². The van der Waals surface area contributed by atoms with Gasteiger partial charge in [0, 0.05) is 24.2 Å². The van der Waals surface area contributed by atoms with Crippen LogP contribution in [0.4, 0.5) is 0 Å². The van der Waals surface area contributed by atoms with Crippen LogP contribution < -0.4 is 10.3 Å². The third-order valence-electron chi connectivity index (χ3n) is 4.19. The molecular weight excluding hydrogens is 383 g/mol. The molecule has 25 heavy (non-hydrogen) atoms. The first kappa shape index (κ1) is 18.1. The molecule has 3 rings (SSSR count). The summed E-state index contributed by atoms with van der Waals surface area (Å²) in [4.78, 5) is 17.0. The van der Waals surface area contributed by atoms with Crippen molar-refractivity contribution >= 4 is 45.7 Å². The van der Waals surface area contributed by atoms with E-state index in [2.05, 4.69) is 4.98 Å². The van der Waals surface area contributed by atoms with Crippen LogP contribution in [0, 0.1) is 0 Å². The predicted octanol–water partition coefficient (Wildman–Crippen LogP) is 5.13. The molecular formula is C18H15Cl3N2O2. The molecule has 0 amide bonds. The number of aromatic nitrogens is 2. The molecule has 0 atom stereocenters. The van der Waals surface area contributed by atoms with Crippen molar-refractivity contribution in [3.63, 3.8) is 0 Å².